The van der Waals surface area contributed by atoms with E-state index in [-0.39, 0.29) is 37.8 Å². The van der Waals surface area contributed by atoms with Gasteiger partial charge in [0.1, 0.15) is 24.0 Å². The molecule has 14 nitrogen and oxygen atoms in total. The summed E-state index contributed by atoms with van der Waals surface area (Å²) in [6, 6.07) is 6.10. The number of pyridine rings is 2. The average molecular weight is 646 g/mol. The first kappa shape index (κ1) is 30.1. The number of carbonyl (C=O) groups excluding carboxylic acids is 1. The third-order valence-electron chi connectivity index (χ3n) is 9.94. The maximum absolute atomic E-state index is 13.7. The van der Waals surface area contributed by atoms with Crippen LogP contribution in [0.4, 0.5) is 11.8 Å². The van der Waals surface area contributed by atoms with E-state index in [1.165, 1.54) is 0 Å². The molecule has 4 aliphatic rings. The van der Waals surface area contributed by atoms with Crippen LogP contribution in [0, 0.1) is 0 Å². The van der Waals surface area contributed by atoms with E-state index >= 15 is 0 Å². The molecule has 0 unspecified atom stereocenters. The number of hydrogen-bond acceptors (Lipinski definition) is 11. The Hall–Kier alpha value is -4.30. The van der Waals surface area contributed by atoms with Crippen LogP contribution in [0.5, 0.6) is 5.88 Å². The van der Waals surface area contributed by atoms with Crippen LogP contribution in [-0.2, 0) is 20.8 Å². The molecule has 250 valence electrons. The summed E-state index contributed by atoms with van der Waals surface area (Å²) in [6.45, 7) is 5.64. The van der Waals surface area contributed by atoms with Gasteiger partial charge in [-0.3, -0.25) is 18.9 Å². The minimum atomic E-state index is -0.209. The molecule has 4 aromatic rings. The number of ether oxygens (including phenoxy) is 3. The number of anilines is 2. The molecule has 0 bridgehead atoms. The highest BCUT2D eigenvalue weighted by Gasteiger charge is 2.29. The Kier molecular flexibility index (Phi) is 8.36. The largest absolute Gasteiger partial charge is 0.474 e. The summed E-state index contributed by atoms with van der Waals surface area (Å²) in [7, 11) is 0. The SMILES string of the molecule is O=C(Cn1c(=O)n(C2CCOCC2)c2nc(NC3CCC(Oc4nc(N5CCOCC5)cc5ncccc45)CC3)ncc21)N1CCC1.[HH]. The van der Waals surface area contributed by atoms with Crippen LogP contribution in [0.1, 0.15) is 52.4 Å². The molecule has 0 atom stereocenters. The van der Waals surface area contributed by atoms with Crippen molar-refractivity contribution in [2.75, 3.05) is 62.8 Å². The summed E-state index contributed by atoms with van der Waals surface area (Å²) >= 11 is 0. The van der Waals surface area contributed by atoms with Gasteiger partial charge in [0.2, 0.25) is 17.7 Å². The zero-order valence-electron chi connectivity index (χ0n) is 26.6. The lowest BCUT2D eigenvalue weighted by Crippen LogP contribution is -2.45. The quantitative estimate of drug-likeness (QED) is 0.302. The van der Waals surface area contributed by atoms with E-state index in [2.05, 4.69) is 20.2 Å². The summed E-state index contributed by atoms with van der Waals surface area (Å²) in [6.07, 6.45) is 9.44. The van der Waals surface area contributed by atoms with Crippen LogP contribution in [0.2, 0.25) is 0 Å². The molecule has 4 aromatic heterocycles. The molecule has 3 saturated heterocycles. The number of imidazole rings is 1. The lowest BCUT2D eigenvalue weighted by molar-refractivity contribution is -0.135. The van der Waals surface area contributed by atoms with Gasteiger partial charge >= 0.3 is 5.69 Å². The van der Waals surface area contributed by atoms with Crippen molar-refractivity contribution in [2.24, 2.45) is 0 Å². The maximum Gasteiger partial charge on any atom is 0.331 e. The molecule has 1 N–H and O–H groups in total. The van der Waals surface area contributed by atoms with Crippen LogP contribution in [0.3, 0.4) is 0 Å². The summed E-state index contributed by atoms with van der Waals surface area (Å²) in [5, 5.41) is 4.45. The van der Waals surface area contributed by atoms with Crippen molar-refractivity contribution in [2.45, 2.75) is 69.7 Å². The number of fused-ring (bicyclic) bond motifs is 2. The molecular formula is C33H43N9O5. The van der Waals surface area contributed by atoms with Gasteiger partial charge in [-0.1, -0.05) is 0 Å². The first-order chi connectivity index (χ1) is 23.1. The predicted octanol–water partition coefficient (Wildman–Crippen LogP) is 3.00. The second-order valence-corrected chi connectivity index (χ2v) is 12.9. The van der Waals surface area contributed by atoms with E-state index < -0.39 is 0 Å². The number of aromatic nitrogens is 6. The molecule has 0 radical (unpaired) electrons. The van der Waals surface area contributed by atoms with Gasteiger partial charge in [0.25, 0.3) is 0 Å². The Balaban J connectivity index is 0.00000364. The van der Waals surface area contributed by atoms with E-state index in [1.54, 1.807) is 26.4 Å². The average Bonchev–Trinajstić information content (AvgIpc) is 3.35. The number of morpholine rings is 1. The molecule has 8 rings (SSSR count). The van der Waals surface area contributed by atoms with Crippen molar-refractivity contribution >= 4 is 39.7 Å². The molecule has 7 heterocycles. The molecule has 0 spiro atoms. The van der Waals surface area contributed by atoms with E-state index in [0.29, 0.717) is 49.4 Å². The number of carbonyl (C=O) groups is 1. The van der Waals surface area contributed by atoms with Crippen molar-refractivity contribution in [1.29, 1.82) is 0 Å². The number of likely N-dealkylation sites (tertiary alicyclic amines) is 1. The van der Waals surface area contributed by atoms with Gasteiger partial charge in [-0.05, 0) is 57.1 Å². The summed E-state index contributed by atoms with van der Waals surface area (Å²) in [4.78, 5) is 49.6. The Morgan fingerprint density at radius 3 is 2.53 bits per heavy atom. The zero-order valence-corrected chi connectivity index (χ0v) is 26.6. The summed E-state index contributed by atoms with van der Waals surface area (Å²) < 4.78 is 21.0. The van der Waals surface area contributed by atoms with Gasteiger partial charge in [0, 0.05) is 65.2 Å². The normalized spacial score (nSPS) is 22.4. The lowest BCUT2D eigenvalue weighted by atomic mass is 9.93. The fraction of sp³-hybridized carbons (Fsp3) is 0.576. The number of hydrogen-bond donors (Lipinski definition) is 1. The van der Waals surface area contributed by atoms with Gasteiger partial charge in [0.05, 0.1) is 30.3 Å². The van der Waals surface area contributed by atoms with Crippen LogP contribution < -0.4 is 20.6 Å². The highest BCUT2D eigenvalue weighted by molar-refractivity contribution is 5.86. The van der Waals surface area contributed by atoms with Crippen molar-refractivity contribution in [3.05, 3.63) is 41.1 Å². The Bertz CT molecular complexity index is 1810. The molecular weight excluding hydrogens is 602 g/mol. The topological polar surface area (TPSA) is 142 Å². The summed E-state index contributed by atoms with van der Waals surface area (Å²) in [5.41, 5.74) is 1.82. The van der Waals surface area contributed by atoms with Gasteiger partial charge in [-0.2, -0.15) is 9.97 Å². The Morgan fingerprint density at radius 2 is 1.77 bits per heavy atom. The Morgan fingerprint density at radius 1 is 0.979 bits per heavy atom. The Labute approximate surface area is 273 Å². The van der Waals surface area contributed by atoms with E-state index in [9.17, 15) is 9.59 Å². The number of rotatable bonds is 8. The number of nitrogens with zero attached hydrogens (tertiary/aromatic N) is 8. The van der Waals surface area contributed by atoms with Crippen LogP contribution in [0.15, 0.2) is 35.4 Å². The van der Waals surface area contributed by atoms with E-state index in [0.717, 1.165) is 87.8 Å². The van der Waals surface area contributed by atoms with Crippen molar-refractivity contribution in [1.82, 2.24) is 34.0 Å². The number of nitrogens with one attached hydrogen (secondary N) is 1. The van der Waals surface area contributed by atoms with Gasteiger partial charge < -0.3 is 29.3 Å². The standard InChI is InChI=1S/C33H41N9O5.H2/c43-29(40-11-2-12-40)21-41-27-20-35-32(38-30(27)42(33(41)44)23-8-15-45-16-9-23)36-22-4-6-24(7-5-22)47-31-25-3-1-10-34-26(25)19-28(37-31)39-13-17-46-18-14-39;/h1,3,10,19-20,22-24H,2,4-9,11-18,21H2,(H,35,36,38);1H. The van der Waals surface area contributed by atoms with Gasteiger partial charge in [-0.15, -0.1) is 0 Å². The van der Waals surface area contributed by atoms with Gasteiger partial charge in [-0.25, -0.2) is 9.78 Å². The molecule has 14 heteroatoms. The van der Waals surface area contributed by atoms with E-state index in [1.807, 2.05) is 18.2 Å². The molecule has 3 aliphatic heterocycles. The minimum Gasteiger partial charge on any atom is -0.474 e. The van der Waals surface area contributed by atoms with Crippen LogP contribution in [0.25, 0.3) is 22.1 Å². The molecule has 4 fully saturated rings. The lowest BCUT2D eigenvalue weighted by Gasteiger charge is -2.31. The van der Waals surface area contributed by atoms with Crippen LogP contribution in [-0.4, -0.2) is 105 Å². The monoisotopic (exact) mass is 645 g/mol. The summed E-state index contributed by atoms with van der Waals surface area (Å²) in [5.74, 6) is 1.95. The molecule has 1 aliphatic carbocycles. The van der Waals surface area contributed by atoms with Crippen molar-refractivity contribution < 1.29 is 20.4 Å². The first-order valence-electron chi connectivity index (χ1n) is 17.0. The maximum atomic E-state index is 13.7. The predicted molar refractivity (Wildman–Crippen MR) is 177 cm³/mol. The molecule has 47 heavy (non-hydrogen) atoms. The van der Waals surface area contributed by atoms with Crippen LogP contribution >= 0.6 is 0 Å². The van der Waals surface area contributed by atoms with Crippen molar-refractivity contribution in [3.63, 3.8) is 0 Å². The molecule has 1 amide bonds. The molecule has 0 aromatic carbocycles. The third kappa shape index (κ3) is 6.11. The zero-order chi connectivity index (χ0) is 31.7. The highest BCUT2D eigenvalue weighted by Crippen LogP contribution is 2.32. The fourth-order valence-electron chi connectivity index (χ4n) is 7.10. The van der Waals surface area contributed by atoms with Gasteiger partial charge in [0.15, 0.2) is 5.65 Å². The minimum absolute atomic E-state index is 0. The second-order valence-electron chi connectivity index (χ2n) is 12.9. The van der Waals surface area contributed by atoms with Crippen molar-refractivity contribution in [3.8, 4) is 5.88 Å². The fourth-order valence-corrected chi connectivity index (χ4v) is 7.10. The third-order valence-corrected chi connectivity index (χ3v) is 9.94. The first-order valence-corrected chi connectivity index (χ1v) is 17.0. The smallest absolute Gasteiger partial charge is 0.331 e. The van der Waals surface area contributed by atoms with E-state index in [4.69, 9.17) is 24.2 Å². The highest BCUT2D eigenvalue weighted by atomic mass is 16.5. The number of amides is 1. The second kappa shape index (κ2) is 13.1. The molecule has 1 saturated carbocycles.